The molecule has 5 aromatic heterocycles. The molecule has 35 heavy (non-hydrogen) atoms. The van der Waals surface area contributed by atoms with Crippen molar-refractivity contribution in [3.63, 3.8) is 0 Å². The van der Waals surface area contributed by atoms with Crippen molar-refractivity contribution in [3.05, 3.63) is 111 Å². The SMILES string of the molecule is O=c1c2cc3c(=O)n(-c4nc(SCc5ccccc5)n[nH]4)ccc3nc2ccn1Cc1ccco1. The van der Waals surface area contributed by atoms with Gasteiger partial charge in [0.15, 0.2) is 0 Å². The predicted molar refractivity (Wildman–Crippen MR) is 133 cm³/mol. The molecular weight excluding hydrogens is 464 g/mol. The van der Waals surface area contributed by atoms with E-state index in [1.165, 1.54) is 20.9 Å². The van der Waals surface area contributed by atoms with E-state index in [1.54, 1.807) is 49.0 Å². The summed E-state index contributed by atoms with van der Waals surface area (Å²) in [4.78, 5) is 35.4. The number of furan rings is 1. The molecule has 0 aliphatic rings. The van der Waals surface area contributed by atoms with Gasteiger partial charge in [0.2, 0.25) is 11.1 Å². The molecule has 0 radical (unpaired) electrons. The van der Waals surface area contributed by atoms with Crippen molar-refractivity contribution in [2.75, 3.05) is 0 Å². The zero-order valence-corrected chi connectivity index (χ0v) is 19.1. The second-order valence-electron chi connectivity index (χ2n) is 7.89. The minimum absolute atomic E-state index is 0.248. The van der Waals surface area contributed by atoms with E-state index in [9.17, 15) is 9.59 Å². The fraction of sp³-hybridized carbons (Fsp3) is 0.0800. The van der Waals surface area contributed by atoms with Crippen LogP contribution in [-0.2, 0) is 12.3 Å². The second kappa shape index (κ2) is 8.73. The van der Waals surface area contributed by atoms with E-state index in [-0.39, 0.29) is 11.1 Å². The summed E-state index contributed by atoms with van der Waals surface area (Å²) in [5, 5.41) is 8.28. The van der Waals surface area contributed by atoms with E-state index in [1.807, 2.05) is 30.3 Å². The standard InChI is InChI=1S/C25H18N6O3S/c32-22-18-13-19-21(26-20(18)8-10-30(22)14-17-7-4-12-34-17)9-11-31(23(19)33)24-27-25(29-28-24)35-15-16-5-2-1-3-6-16/h1-13H,14-15H2,(H,27,28,29). The Kier molecular flexibility index (Phi) is 5.27. The molecule has 172 valence electrons. The predicted octanol–water partition coefficient (Wildman–Crippen LogP) is 3.75. The van der Waals surface area contributed by atoms with Crippen molar-refractivity contribution >= 4 is 33.6 Å². The molecule has 0 unspecified atom stereocenters. The topological polar surface area (TPSA) is 112 Å². The average Bonchev–Trinajstić information content (AvgIpc) is 3.57. The fourth-order valence-corrected chi connectivity index (χ4v) is 4.61. The van der Waals surface area contributed by atoms with Crippen LogP contribution in [0.5, 0.6) is 0 Å². The van der Waals surface area contributed by atoms with Gasteiger partial charge in [-0.2, -0.15) is 4.98 Å². The minimum Gasteiger partial charge on any atom is -0.467 e. The summed E-state index contributed by atoms with van der Waals surface area (Å²) < 4.78 is 8.26. The van der Waals surface area contributed by atoms with Crippen molar-refractivity contribution in [3.8, 4) is 5.95 Å². The van der Waals surface area contributed by atoms with Gasteiger partial charge in [0.1, 0.15) is 5.76 Å². The van der Waals surface area contributed by atoms with Crippen LogP contribution in [0.1, 0.15) is 11.3 Å². The Bertz CT molecular complexity index is 1770. The molecule has 1 N–H and O–H groups in total. The smallest absolute Gasteiger partial charge is 0.266 e. The first-order valence-corrected chi connectivity index (χ1v) is 11.8. The van der Waals surface area contributed by atoms with Crippen LogP contribution in [0.15, 0.2) is 98.5 Å². The van der Waals surface area contributed by atoms with Gasteiger partial charge in [0.25, 0.3) is 11.1 Å². The van der Waals surface area contributed by atoms with E-state index >= 15 is 0 Å². The number of nitrogens with zero attached hydrogens (tertiary/aromatic N) is 5. The molecule has 10 heteroatoms. The Morgan fingerprint density at radius 2 is 1.69 bits per heavy atom. The van der Waals surface area contributed by atoms with Gasteiger partial charge >= 0.3 is 0 Å². The number of benzene rings is 1. The molecular formula is C25H18N6O3S. The van der Waals surface area contributed by atoms with Gasteiger partial charge in [0, 0.05) is 18.1 Å². The monoisotopic (exact) mass is 482 g/mol. The zero-order valence-electron chi connectivity index (χ0n) is 18.3. The summed E-state index contributed by atoms with van der Waals surface area (Å²) in [5.74, 6) is 1.68. The Hall–Kier alpha value is -4.44. The average molecular weight is 483 g/mol. The van der Waals surface area contributed by atoms with Crippen molar-refractivity contribution < 1.29 is 4.42 Å². The van der Waals surface area contributed by atoms with Crippen LogP contribution >= 0.6 is 11.8 Å². The molecule has 0 aliphatic carbocycles. The number of thioether (sulfide) groups is 1. The Labute approximate surface area is 202 Å². The van der Waals surface area contributed by atoms with Gasteiger partial charge in [-0.15, -0.1) is 5.10 Å². The fourth-order valence-electron chi connectivity index (χ4n) is 3.86. The van der Waals surface area contributed by atoms with E-state index < -0.39 is 0 Å². The lowest BCUT2D eigenvalue weighted by atomic mass is 10.2. The highest BCUT2D eigenvalue weighted by molar-refractivity contribution is 7.98. The van der Waals surface area contributed by atoms with Crippen LogP contribution in [0.25, 0.3) is 27.8 Å². The molecule has 5 heterocycles. The first kappa shape index (κ1) is 21.1. The van der Waals surface area contributed by atoms with E-state index in [0.29, 0.717) is 51.0 Å². The minimum atomic E-state index is -0.339. The number of fused-ring (bicyclic) bond motifs is 2. The highest BCUT2D eigenvalue weighted by atomic mass is 32.2. The van der Waals surface area contributed by atoms with Gasteiger partial charge in [0.05, 0.1) is 34.6 Å². The van der Waals surface area contributed by atoms with Crippen LogP contribution in [0.2, 0.25) is 0 Å². The van der Waals surface area contributed by atoms with Gasteiger partial charge in [-0.25, -0.2) is 10.1 Å². The summed E-state index contributed by atoms with van der Waals surface area (Å²) in [6.45, 7) is 0.292. The van der Waals surface area contributed by atoms with E-state index in [0.717, 1.165) is 5.56 Å². The van der Waals surface area contributed by atoms with E-state index in [2.05, 4.69) is 20.2 Å². The van der Waals surface area contributed by atoms with Crippen LogP contribution in [-0.4, -0.2) is 29.3 Å². The summed E-state index contributed by atoms with van der Waals surface area (Å²) in [6, 6.07) is 18.7. The lowest BCUT2D eigenvalue weighted by Crippen LogP contribution is -2.22. The molecule has 0 saturated carbocycles. The maximum Gasteiger partial charge on any atom is 0.266 e. The number of rotatable bonds is 6. The lowest BCUT2D eigenvalue weighted by molar-refractivity contribution is 0.490. The van der Waals surface area contributed by atoms with E-state index in [4.69, 9.17) is 4.42 Å². The molecule has 0 saturated heterocycles. The molecule has 0 spiro atoms. The summed E-state index contributed by atoms with van der Waals surface area (Å²) in [6.07, 6.45) is 4.85. The Balaban J connectivity index is 1.36. The Morgan fingerprint density at radius 3 is 2.49 bits per heavy atom. The maximum absolute atomic E-state index is 13.3. The molecule has 6 aromatic rings. The number of H-pyrrole nitrogens is 1. The third-order valence-corrected chi connectivity index (χ3v) is 6.53. The molecule has 0 atom stereocenters. The highest BCUT2D eigenvalue weighted by Crippen LogP contribution is 2.20. The molecule has 0 amide bonds. The molecule has 1 aromatic carbocycles. The van der Waals surface area contributed by atoms with Crippen LogP contribution < -0.4 is 11.1 Å². The second-order valence-corrected chi connectivity index (χ2v) is 8.83. The third kappa shape index (κ3) is 4.04. The van der Waals surface area contributed by atoms with Crippen molar-refractivity contribution in [1.29, 1.82) is 0 Å². The van der Waals surface area contributed by atoms with Gasteiger partial charge in [-0.3, -0.25) is 14.2 Å². The van der Waals surface area contributed by atoms with Gasteiger partial charge in [-0.1, -0.05) is 42.1 Å². The van der Waals surface area contributed by atoms with Crippen LogP contribution in [0, 0.1) is 0 Å². The maximum atomic E-state index is 13.3. The summed E-state index contributed by atoms with van der Waals surface area (Å²) in [7, 11) is 0. The molecule has 6 rings (SSSR count). The highest BCUT2D eigenvalue weighted by Gasteiger charge is 2.13. The first-order chi connectivity index (χ1) is 17.2. The zero-order chi connectivity index (χ0) is 23.8. The van der Waals surface area contributed by atoms with Crippen molar-refractivity contribution in [2.45, 2.75) is 17.5 Å². The molecule has 0 aliphatic heterocycles. The molecule has 9 nitrogen and oxygen atoms in total. The first-order valence-electron chi connectivity index (χ1n) is 10.8. The quantitative estimate of drug-likeness (QED) is 0.284. The van der Waals surface area contributed by atoms with Crippen molar-refractivity contribution in [2.24, 2.45) is 0 Å². The third-order valence-electron chi connectivity index (χ3n) is 5.61. The largest absolute Gasteiger partial charge is 0.467 e. The van der Waals surface area contributed by atoms with Crippen LogP contribution in [0.3, 0.4) is 0 Å². The number of hydrogen-bond donors (Lipinski definition) is 1. The number of pyridine rings is 3. The van der Waals surface area contributed by atoms with Crippen LogP contribution in [0.4, 0.5) is 0 Å². The normalized spacial score (nSPS) is 11.4. The van der Waals surface area contributed by atoms with Crippen molar-refractivity contribution in [1.82, 2.24) is 29.3 Å². The number of aromatic nitrogens is 6. The Morgan fingerprint density at radius 1 is 0.886 bits per heavy atom. The summed E-state index contributed by atoms with van der Waals surface area (Å²) in [5.41, 5.74) is 1.59. The number of hydrogen-bond acceptors (Lipinski definition) is 7. The van der Waals surface area contributed by atoms with Gasteiger partial charge in [-0.05, 0) is 35.9 Å². The number of aromatic amines is 1. The molecule has 0 fully saturated rings. The lowest BCUT2D eigenvalue weighted by Gasteiger charge is -2.07. The number of nitrogens with one attached hydrogen (secondary N) is 1. The summed E-state index contributed by atoms with van der Waals surface area (Å²) >= 11 is 1.47. The van der Waals surface area contributed by atoms with Gasteiger partial charge < -0.3 is 8.98 Å². The molecule has 0 bridgehead atoms.